The molecule has 0 bridgehead atoms. The number of fused-ring (bicyclic) bond motifs is 1. The summed E-state index contributed by atoms with van der Waals surface area (Å²) in [6.45, 7) is 1.76. The second-order valence-electron chi connectivity index (χ2n) is 5.16. The summed E-state index contributed by atoms with van der Waals surface area (Å²) in [5.74, 6) is 0.0292. The van der Waals surface area contributed by atoms with Gasteiger partial charge in [0.1, 0.15) is 11.1 Å². The number of nitrogens with zero attached hydrogens (tertiary/aromatic N) is 1. The van der Waals surface area contributed by atoms with Crippen LogP contribution in [0.4, 0.5) is 10.7 Å². The van der Waals surface area contributed by atoms with E-state index in [0.717, 1.165) is 10.8 Å². The van der Waals surface area contributed by atoms with E-state index in [9.17, 15) is 9.90 Å². The highest BCUT2D eigenvalue weighted by atomic mass is 32.1. The number of Topliss-reactive ketones (excluding diaryl/α,β-unsaturated/α-hetero) is 1. The lowest BCUT2D eigenvalue weighted by molar-refractivity contribution is 0.0988. The molecule has 0 unspecified atom stereocenters. The van der Waals surface area contributed by atoms with Crippen LogP contribution in [0.15, 0.2) is 40.6 Å². The van der Waals surface area contributed by atoms with E-state index in [-0.39, 0.29) is 11.5 Å². The van der Waals surface area contributed by atoms with Crippen molar-refractivity contribution in [2.24, 2.45) is 0 Å². The van der Waals surface area contributed by atoms with Gasteiger partial charge in [0, 0.05) is 27.6 Å². The van der Waals surface area contributed by atoms with Gasteiger partial charge in [-0.15, -0.1) is 24.0 Å². The van der Waals surface area contributed by atoms with Gasteiger partial charge in [-0.2, -0.15) is 5.26 Å². The SMILES string of the molecule is CCC(=O)c1csc(N)c1C#N.Nc1c(O)c(S)cc2ccccc12. The smallest absolute Gasteiger partial charge is 0.164 e. The monoisotopic (exact) mass is 371 g/mol. The molecule has 0 aliphatic carbocycles. The van der Waals surface area contributed by atoms with Crippen molar-refractivity contribution in [2.45, 2.75) is 18.2 Å². The van der Waals surface area contributed by atoms with E-state index in [1.165, 1.54) is 11.3 Å². The summed E-state index contributed by atoms with van der Waals surface area (Å²) < 4.78 is 0. The van der Waals surface area contributed by atoms with Gasteiger partial charge in [0.2, 0.25) is 0 Å². The van der Waals surface area contributed by atoms with Crippen LogP contribution in [0.5, 0.6) is 5.75 Å². The third-order valence-electron chi connectivity index (χ3n) is 3.59. The fourth-order valence-corrected chi connectivity index (χ4v) is 3.26. The van der Waals surface area contributed by atoms with E-state index in [4.69, 9.17) is 16.7 Å². The molecule has 5 N–H and O–H groups in total. The van der Waals surface area contributed by atoms with E-state index in [2.05, 4.69) is 12.6 Å². The van der Waals surface area contributed by atoms with Crippen LogP contribution in [-0.2, 0) is 0 Å². The highest BCUT2D eigenvalue weighted by Gasteiger charge is 2.13. The summed E-state index contributed by atoms with van der Waals surface area (Å²) in [6, 6.07) is 11.3. The molecule has 0 aliphatic heterocycles. The minimum Gasteiger partial charge on any atom is -0.505 e. The molecule has 1 heterocycles. The average Bonchev–Trinajstić information content (AvgIpc) is 3.00. The Labute approximate surface area is 154 Å². The van der Waals surface area contributed by atoms with Gasteiger partial charge in [0.25, 0.3) is 0 Å². The lowest BCUT2D eigenvalue weighted by Crippen LogP contribution is -1.97. The summed E-state index contributed by atoms with van der Waals surface area (Å²) in [7, 11) is 0. The number of hydrogen-bond donors (Lipinski definition) is 4. The Morgan fingerprint density at radius 3 is 2.68 bits per heavy atom. The normalized spacial score (nSPS) is 9.96. The Morgan fingerprint density at radius 2 is 2.04 bits per heavy atom. The zero-order valence-corrected chi connectivity index (χ0v) is 15.2. The van der Waals surface area contributed by atoms with E-state index in [0.29, 0.717) is 33.1 Å². The van der Waals surface area contributed by atoms with Crippen LogP contribution < -0.4 is 11.5 Å². The minimum absolute atomic E-state index is 0.0282. The molecule has 0 atom stereocenters. The number of carbonyl (C=O) groups excluding carboxylic acids is 1. The zero-order valence-electron chi connectivity index (χ0n) is 13.5. The molecule has 0 fully saturated rings. The summed E-state index contributed by atoms with van der Waals surface area (Å²) in [4.78, 5) is 11.7. The van der Waals surface area contributed by atoms with E-state index < -0.39 is 0 Å². The molecular weight excluding hydrogens is 354 g/mol. The molecule has 0 radical (unpaired) electrons. The summed E-state index contributed by atoms with van der Waals surface area (Å²) in [5, 5.41) is 22.1. The molecule has 0 spiro atoms. The highest BCUT2D eigenvalue weighted by molar-refractivity contribution is 7.80. The maximum absolute atomic E-state index is 11.2. The van der Waals surface area contributed by atoms with Crippen molar-refractivity contribution in [3.8, 4) is 11.8 Å². The van der Waals surface area contributed by atoms with Crippen molar-refractivity contribution in [1.82, 2.24) is 0 Å². The van der Waals surface area contributed by atoms with Crippen LogP contribution in [0, 0.1) is 11.3 Å². The van der Waals surface area contributed by atoms with Crippen molar-refractivity contribution in [3.05, 3.63) is 46.8 Å². The Bertz CT molecular complexity index is 974. The summed E-state index contributed by atoms with van der Waals surface area (Å²) >= 11 is 5.35. The number of rotatable bonds is 2. The van der Waals surface area contributed by atoms with Crippen LogP contribution in [0.1, 0.15) is 29.3 Å². The van der Waals surface area contributed by atoms with E-state index in [1.54, 1.807) is 18.4 Å². The predicted octanol–water partition coefficient (Wildman–Crippen LogP) is 4.21. The van der Waals surface area contributed by atoms with Gasteiger partial charge in [-0.25, -0.2) is 0 Å². The number of nitriles is 1. The van der Waals surface area contributed by atoms with E-state index >= 15 is 0 Å². The minimum atomic E-state index is -0.0282. The second-order valence-corrected chi connectivity index (χ2v) is 6.55. The first-order valence-corrected chi connectivity index (χ1v) is 8.72. The maximum atomic E-state index is 11.2. The van der Waals surface area contributed by atoms with Crippen LogP contribution in [-0.4, -0.2) is 10.9 Å². The zero-order chi connectivity index (χ0) is 18.6. The molecule has 2 aromatic carbocycles. The maximum Gasteiger partial charge on any atom is 0.164 e. The Hall–Kier alpha value is -2.69. The number of nitrogens with two attached hydrogens (primary N) is 2. The van der Waals surface area contributed by atoms with Gasteiger partial charge in [-0.1, -0.05) is 31.2 Å². The Morgan fingerprint density at radius 1 is 1.36 bits per heavy atom. The first-order valence-electron chi connectivity index (χ1n) is 7.40. The third kappa shape index (κ3) is 3.87. The number of anilines is 2. The van der Waals surface area contributed by atoms with Gasteiger partial charge in [-0.3, -0.25) is 4.79 Å². The quantitative estimate of drug-likeness (QED) is 0.233. The standard InChI is InChI=1S/C10H9NOS.C8H8N2OS/c11-9-7-4-2-1-3-6(7)5-8(13)10(9)12;1-2-7(11)6-4-12-8(10)5(6)3-9/h1-5,12-13H,11H2;4H,2,10H2,1H3. The number of thiophene rings is 1. The van der Waals surface area contributed by atoms with Crippen molar-refractivity contribution in [1.29, 1.82) is 5.26 Å². The Balaban J connectivity index is 0.000000181. The predicted molar refractivity (Wildman–Crippen MR) is 105 cm³/mol. The lowest BCUT2D eigenvalue weighted by Gasteiger charge is -2.06. The molecule has 5 nitrogen and oxygen atoms in total. The number of carbonyl (C=O) groups is 1. The second kappa shape index (κ2) is 7.92. The van der Waals surface area contributed by atoms with Gasteiger partial charge in [0.15, 0.2) is 11.5 Å². The number of phenols is 1. The van der Waals surface area contributed by atoms with Crippen LogP contribution in [0.25, 0.3) is 10.8 Å². The number of ketones is 1. The number of aromatic hydroxyl groups is 1. The average molecular weight is 371 g/mol. The van der Waals surface area contributed by atoms with Crippen molar-refractivity contribution >= 4 is 51.2 Å². The van der Waals surface area contributed by atoms with Crippen LogP contribution in [0.2, 0.25) is 0 Å². The van der Waals surface area contributed by atoms with Crippen molar-refractivity contribution in [3.63, 3.8) is 0 Å². The first kappa shape index (κ1) is 18.6. The molecule has 3 aromatic rings. The number of phenolic OH excluding ortho intramolecular Hbond substituents is 1. The highest BCUT2D eigenvalue weighted by Crippen LogP contribution is 2.35. The molecule has 0 amide bonds. The van der Waals surface area contributed by atoms with Crippen molar-refractivity contribution < 1.29 is 9.90 Å². The lowest BCUT2D eigenvalue weighted by atomic mass is 10.1. The molecule has 1 aromatic heterocycles. The molecule has 7 heteroatoms. The molecule has 25 heavy (non-hydrogen) atoms. The molecule has 0 aliphatic rings. The van der Waals surface area contributed by atoms with E-state index in [1.807, 2.05) is 30.3 Å². The number of thiol groups is 1. The topological polar surface area (TPSA) is 113 Å². The van der Waals surface area contributed by atoms with Crippen LogP contribution >= 0.6 is 24.0 Å². The van der Waals surface area contributed by atoms with Crippen molar-refractivity contribution in [2.75, 3.05) is 11.5 Å². The summed E-state index contributed by atoms with van der Waals surface area (Å²) in [6.07, 6.45) is 0.408. The summed E-state index contributed by atoms with van der Waals surface area (Å²) in [5.41, 5.74) is 12.4. The van der Waals surface area contributed by atoms with Crippen LogP contribution in [0.3, 0.4) is 0 Å². The van der Waals surface area contributed by atoms with Gasteiger partial charge in [0.05, 0.1) is 11.3 Å². The molecule has 3 rings (SSSR count). The van der Waals surface area contributed by atoms with Gasteiger partial charge >= 0.3 is 0 Å². The Kier molecular flexibility index (Phi) is 5.91. The number of nitrogen functional groups attached to an aromatic ring is 2. The third-order valence-corrected chi connectivity index (χ3v) is 4.75. The fraction of sp³-hybridized carbons (Fsp3) is 0.111. The molecule has 0 saturated heterocycles. The van der Waals surface area contributed by atoms with Gasteiger partial charge < -0.3 is 16.6 Å². The fourth-order valence-electron chi connectivity index (χ4n) is 2.23. The first-order chi connectivity index (χ1) is 11.9. The van der Waals surface area contributed by atoms with Gasteiger partial charge in [-0.05, 0) is 11.5 Å². The molecule has 0 saturated carbocycles. The molecule has 128 valence electrons. The molecular formula is C18H17N3O2S2. The largest absolute Gasteiger partial charge is 0.505 e. The number of hydrogen-bond acceptors (Lipinski definition) is 7. The number of benzene rings is 2.